The molecule has 0 fully saturated rings. The van der Waals surface area contributed by atoms with Crippen LogP contribution in [0.4, 0.5) is 5.95 Å². The Labute approximate surface area is 160 Å². The first kappa shape index (κ1) is 17.8. The third-order valence-electron chi connectivity index (χ3n) is 4.34. The second-order valence-electron chi connectivity index (χ2n) is 6.74. The number of ether oxygens (including phenoxy) is 1. The van der Waals surface area contributed by atoms with E-state index in [9.17, 15) is 9.59 Å². The molecule has 0 aliphatic rings. The number of carbonyl (C=O) groups is 1. The molecule has 0 saturated heterocycles. The molecule has 4 aromatic rings. The highest BCUT2D eigenvalue weighted by atomic mass is 16.5. The maximum absolute atomic E-state index is 12.9. The summed E-state index contributed by atoms with van der Waals surface area (Å²) in [6.07, 6.45) is -0.0202. The highest BCUT2D eigenvalue weighted by Gasteiger charge is 2.17. The molecule has 28 heavy (non-hydrogen) atoms. The minimum Gasteiger partial charge on any atom is -0.491 e. The van der Waals surface area contributed by atoms with E-state index in [2.05, 4.69) is 10.3 Å². The van der Waals surface area contributed by atoms with Crippen molar-refractivity contribution in [2.45, 2.75) is 20.0 Å². The van der Waals surface area contributed by atoms with Crippen LogP contribution in [0, 0.1) is 0 Å². The molecule has 1 amide bonds. The topological polar surface area (TPSA) is 86.4 Å². The number of anilines is 1. The molecule has 2 aromatic heterocycles. The molecule has 7 nitrogen and oxygen atoms in total. The average molecular weight is 377 g/mol. The fraction of sp³-hybridized carbons (Fsp3) is 0.190. The number of hydrogen-bond donors (Lipinski definition) is 1. The zero-order valence-electron chi connectivity index (χ0n) is 15.7. The Kier molecular flexibility index (Phi) is 4.35. The SMILES string of the molecule is CC(C)Oc1ccc2c(C(=O)Nc3nc4ccccc4n3C)cc(=O)oc2c1. The normalized spacial score (nSPS) is 11.3. The largest absolute Gasteiger partial charge is 0.491 e. The summed E-state index contributed by atoms with van der Waals surface area (Å²) in [4.78, 5) is 29.3. The van der Waals surface area contributed by atoms with Gasteiger partial charge in [-0.2, -0.15) is 0 Å². The molecular formula is C21H19N3O4. The summed E-state index contributed by atoms with van der Waals surface area (Å²) in [6, 6.07) is 13.8. The van der Waals surface area contributed by atoms with Gasteiger partial charge in [-0.3, -0.25) is 10.1 Å². The van der Waals surface area contributed by atoms with Gasteiger partial charge >= 0.3 is 5.63 Å². The zero-order valence-corrected chi connectivity index (χ0v) is 15.7. The fourth-order valence-corrected chi connectivity index (χ4v) is 3.10. The summed E-state index contributed by atoms with van der Waals surface area (Å²) < 4.78 is 12.7. The molecule has 7 heteroatoms. The number of benzene rings is 2. The molecule has 0 saturated carbocycles. The Morgan fingerprint density at radius 1 is 1.18 bits per heavy atom. The number of para-hydroxylation sites is 2. The number of amides is 1. The lowest BCUT2D eigenvalue weighted by Gasteiger charge is -2.11. The Morgan fingerprint density at radius 2 is 1.96 bits per heavy atom. The first-order valence-electron chi connectivity index (χ1n) is 8.90. The Bertz CT molecular complexity index is 1250. The maximum atomic E-state index is 12.9. The summed E-state index contributed by atoms with van der Waals surface area (Å²) in [5.74, 6) is 0.528. The summed E-state index contributed by atoms with van der Waals surface area (Å²) in [5.41, 5.74) is 1.57. The van der Waals surface area contributed by atoms with Crippen molar-refractivity contribution in [3.63, 3.8) is 0 Å². The maximum Gasteiger partial charge on any atom is 0.337 e. The van der Waals surface area contributed by atoms with Crippen molar-refractivity contribution in [3.8, 4) is 5.75 Å². The van der Waals surface area contributed by atoms with Gasteiger partial charge in [0.1, 0.15) is 11.3 Å². The minimum absolute atomic E-state index is 0.0202. The van der Waals surface area contributed by atoms with Gasteiger partial charge < -0.3 is 13.7 Å². The monoisotopic (exact) mass is 377 g/mol. The molecule has 0 aliphatic carbocycles. The van der Waals surface area contributed by atoms with E-state index in [1.165, 1.54) is 6.07 Å². The smallest absolute Gasteiger partial charge is 0.337 e. The molecule has 4 rings (SSSR count). The number of nitrogens with zero attached hydrogens (tertiary/aromatic N) is 2. The van der Waals surface area contributed by atoms with E-state index in [-0.39, 0.29) is 11.7 Å². The van der Waals surface area contributed by atoms with Gasteiger partial charge in [-0.25, -0.2) is 9.78 Å². The van der Waals surface area contributed by atoms with Crippen LogP contribution in [-0.4, -0.2) is 21.6 Å². The highest BCUT2D eigenvalue weighted by Crippen LogP contribution is 2.25. The van der Waals surface area contributed by atoms with Crippen molar-refractivity contribution in [2.24, 2.45) is 7.05 Å². The van der Waals surface area contributed by atoms with Crippen molar-refractivity contribution < 1.29 is 13.9 Å². The number of imidazole rings is 1. The summed E-state index contributed by atoms with van der Waals surface area (Å²) in [5, 5.41) is 3.30. The van der Waals surface area contributed by atoms with Crippen molar-refractivity contribution in [1.82, 2.24) is 9.55 Å². The van der Waals surface area contributed by atoms with E-state index < -0.39 is 11.5 Å². The van der Waals surface area contributed by atoms with Crippen LogP contribution in [-0.2, 0) is 7.05 Å². The second kappa shape index (κ2) is 6.84. The van der Waals surface area contributed by atoms with Gasteiger partial charge in [-0.15, -0.1) is 0 Å². The van der Waals surface area contributed by atoms with E-state index in [1.807, 2.05) is 45.2 Å². The van der Waals surface area contributed by atoms with Crippen LogP contribution >= 0.6 is 0 Å². The predicted molar refractivity (Wildman–Crippen MR) is 107 cm³/mol. The van der Waals surface area contributed by atoms with Crippen LogP contribution in [0.15, 0.2) is 57.7 Å². The predicted octanol–water partition coefficient (Wildman–Crippen LogP) is 3.72. The van der Waals surface area contributed by atoms with E-state index in [4.69, 9.17) is 9.15 Å². The lowest BCUT2D eigenvalue weighted by Crippen LogP contribution is -2.17. The molecule has 2 heterocycles. The number of carbonyl (C=O) groups excluding carboxylic acids is 1. The molecule has 0 unspecified atom stereocenters. The Balaban J connectivity index is 1.74. The van der Waals surface area contributed by atoms with Crippen LogP contribution in [0.2, 0.25) is 0 Å². The van der Waals surface area contributed by atoms with E-state index in [1.54, 1.807) is 22.8 Å². The summed E-state index contributed by atoms with van der Waals surface area (Å²) >= 11 is 0. The van der Waals surface area contributed by atoms with Gasteiger partial charge in [0, 0.05) is 24.6 Å². The molecule has 2 aromatic carbocycles. The van der Waals surface area contributed by atoms with Gasteiger partial charge in [0.2, 0.25) is 5.95 Å². The van der Waals surface area contributed by atoms with Gasteiger partial charge in [0.05, 0.1) is 22.7 Å². The van der Waals surface area contributed by atoms with E-state index in [0.29, 0.717) is 22.7 Å². The first-order chi connectivity index (χ1) is 13.4. The van der Waals surface area contributed by atoms with Gasteiger partial charge in [-0.05, 0) is 38.1 Å². The molecule has 0 radical (unpaired) electrons. The first-order valence-corrected chi connectivity index (χ1v) is 8.90. The lowest BCUT2D eigenvalue weighted by molar-refractivity contribution is 0.102. The molecule has 0 aliphatic heterocycles. The van der Waals surface area contributed by atoms with E-state index >= 15 is 0 Å². The van der Waals surface area contributed by atoms with Crippen molar-refractivity contribution in [3.05, 3.63) is 64.5 Å². The molecule has 142 valence electrons. The minimum atomic E-state index is -0.607. The third kappa shape index (κ3) is 3.22. The number of aryl methyl sites for hydroxylation is 1. The van der Waals surface area contributed by atoms with Crippen molar-refractivity contribution in [1.29, 1.82) is 0 Å². The van der Waals surface area contributed by atoms with E-state index in [0.717, 1.165) is 11.0 Å². The van der Waals surface area contributed by atoms with Crippen molar-refractivity contribution >= 4 is 33.9 Å². The molecule has 0 spiro atoms. The van der Waals surface area contributed by atoms with Crippen LogP contribution < -0.4 is 15.7 Å². The Hall–Kier alpha value is -3.61. The third-order valence-corrected chi connectivity index (χ3v) is 4.34. The van der Waals surface area contributed by atoms with Crippen LogP contribution in [0.25, 0.3) is 22.0 Å². The molecule has 1 N–H and O–H groups in total. The second-order valence-corrected chi connectivity index (χ2v) is 6.74. The van der Waals surface area contributed by atoms with Gasteiger partial charge in [0.25, 0.3) is 5.91 Å². The van der Waals surface area contributed by atoms with Crippen molar-refractivity contribution in [2.75, 3.05) is 5.32 Å². The summed E-state index contributed by atoms with van der Waals surface area (Å²) in [6.45, 7) is 3.81. The average Bonchev–Trinajstić information content (AvgIpc) is 2.96. The number of rotatable bonds is 4. The highest BCUT2D eigenvalue weighted by molar-refractivity contribution is 6.11. The summed E-state index contributed by atoms with van der Waals surface area (Å²) in [7, 11) is 1.82. The lowest BCUT2D eigenvalue weighted by atomic mass is 10.1. The molecular weight excluding hydrogens is 358 g/mol. The van der Waals surface area contributed by atoms with Crippen LogP contribution in [0.3, 0.4) is 0 Å². The number of aromatic nitrogens is 2. The standard InChI is InChI=1S/C21H19N3O4/c1-12(2)27-13-8-9-14-15(11-19(25)28-18(14)10-13)20(26)23-21-22-16-6-4-5-7-17(16)24(21)3/h4-12H,1-3H3,(H,22,23,26). The fourth-order valence-electron chi connectivity index (χ4n) is 3.10. The van der Waals surface area contributed by atoms with Crippen LogP contribution in [0.1, 0.15) is 24.2 Å². The van der Waals surface area contributed by atoms with Gasteiger partial charge in [-0.1, -0.05) is 12.1 Å². The zero-order chi connectivity index (χ0) is 19.8. The molecule has 0 bridgehead atoms. The Morgan fingerprint density at radius 3 is 2.71 bits per heavy atom. The number of fused-ring (bicyclic) bond motifs is 2. The van der Waals surface area contributed by atoms with Gasteiger partial charge in [0.15, 0.2) is 0 Å². The molecule has 0 atom stereocenters. The number of hydrogen-bond acceptors (Lipinski definition) is 5. The number of nitrogens with one attached hydrogen (secondary N) is 1. The van der Waals surface area contributed by atoms with Crippen LogP contribution in [0.5, 0.6) is 5.75 Å². The quantitative estimate of drug-likeness (QED) is 0.548.